The first-order chi connectivity index (χ1) is 9.40. The number of hydrogen-bond acceptors (Lipinski definition) is 3. The van der Waals surface area contributed by atoms with Gasteiger partial charge in [0.2, 0.25) is 0 Å². The summed E-state index contributed by atoms with van der Waals surface area (Å²) in [6.07, 6.45) is 0. The van der Waals surface area contributed by atoms with Crippen LogP contribution in [-0.4, -0.2) is 14.2 Å². The molecule has 0 bridgehead atoms. The first kappa shape index (κ1) is 14.3. The second kappa shape index (κ2) is 5.46. The summed E-state index contributed by atoms with van der Waals surface area (Å²) in [4.78, 5) is 11.4. The van der Waals surface area contributed by atoms with Crippen LogP contribution in [0.25, 0.3) is 0 Å². The number of ketones is 1. The molecule has 0 aliphatic carbocycles. The lowest BCUT2D eigenvalue weighted by Gasteiger charge is -2.10. The number of nitrogens with one attached hydrogen (secondary N) is 1. The molecule has 2 rings (SSSR count). The summed E-state index contributed by atoms with van der Waals surface area (Å²) in [6, 6.07) is 13.1. The fraction of sp³-hybridized carbons (Fsp3) is 0.133. The maximum absolute atomic E-state index is 12.3. The lowest BCUT2D eigenvalue weighted by atomic mass is 10.2. The molecular formula is C15H15NO3S. The average Bonchev–Trinajstić information content (AvgIpc) is 2.41. The van der Waals surface area contributed by atoms with Crippen LogP contribution in [0.5, 0.6) is 0 Å². The number of benzene rings is 2. The molecule has 0 aromatic heterocycles. The summed E-state index contributed by atoms with van der Waals surface area (Å²) in [5, 5.41) is 0. The van der Waals surface area contributed by atoms with Crippen LogP contribution in [0.3, 0.4) is 0 Å². The molecule has 2 aromatic carbocycles. The van der Waals surface area contributed by atoms with E-state index in [1.54, 1.807) is 24.3 Å². The predicted octanol–water partition coefficient (Wildman–Crippen LogP) is 3.00. The van der Waals surface area contributed by atoms with Crippen molar-refractivity contribution in [3.05, 3.63) is 59.7 Å². The van der Waals surface area contributed by atoms with E-state index >= 15 is 0 Å². The van der Waals surface area contributed by atoms with E-state index in [2.05, 4.69) is 4.72 Å². The molecule has 0 fully saturated rings. The van der Waals surface area contributed by atoms with E-state index in [4.69, 9.17) is 0 Å². The third-order valence-electron chi connectivity index (χ3n) is 2.94. The van der Waals surface area contributed by atoms with Crippen LogP contribution in [0, 0.1) is 6.92 Å². The number of aryl methyl sites for hydroxylation is 1. The third-order valence-corrected chi connectivity index (χ3v) is 4.30. The fourth-order valence-electron chi connectivity index (χ4n) is 1.77. The van der Waals surface area contributed by atoms with Crippen molar-refractivity contribution >= 4 is 21.5 Å². The summed E-state index contributed by atoms with van der Waals surface area (Å²) in [6.45, 7) is 3.23. The zero-order chi connectivity index (χ0) is 14.8. The van der Waals surface area contributed by atoms with E-state index < -0.39 is 10.0 Å². The number of para-hydroxylation sites is 1. The van der Waals surface area contributed by atoms with Crippen LogP contribution in [0.2, 0.25) is 0 Å². The predicted molar refractivity (Wildman–Crippen MR) is 78.4 cm³/mol. The zero-order valence-electron chi connectivity index (χ0n) is 11.3. The minimum Gasteiger partial charge on any atom is -0.295 e. The molecule has 2 aromatic rings. The molecule has 0 amide bonds. The van der Waals surface area contributed by atoms with Gasteiger partial charge in [0.1, 0.15) is 0 Å². The van der Waals surface area contributed by atoms with Gasteiger partial charge in [0.15, 0.2) is 5.78 Å². The number of hydrogen-bond donors (Lipinski definition) is 1. The summed E-state index contributed by atoms with van der Waals surface area (Å²) >= 11 is 0. The molecule has 0 spiro atoms. The summed E-state index contributed by atoms with van der Waals surface area (Å²) in [5.74, 6) is -0.169. The van der Waals surface area contributed by atoms with E-state index in [1.807, 2.05) is 19.1 Å². The molecule has 0 saturated carbocycles. The second-order valence-electron chi connectivity index (χ2n) is 4.50. The van der Waals surface area contributed by atoms with Gasteiger partial charge >= 0.3 is 0 Å². The Labute approximate surface area is 118 Å². The van der Waals surface area contributed by atoms with Crippen molar-refractivity contribution in [2.75, 3.05) is 4.72 Å². The molecule has 0 radical (unpaired) electrons. The first-order valence-corrected chi connectivity index (χ1v) is 7.58. The highest BCUT2D eigenvalue weighted by atomic mass is 32.2. The monoisotopic (exact) mass is 289 g/mol. The van der Waals surface area contributed by atoms with Gasteiger partial charge in [-0.1, -0.05) is 30.3 Å². The lowest BCUT2D eigenvalue weighted by Crippen LogP contribution is -2.14. The van der Waals surface area contributed by atoms with Gasteiger partial charge < -0.3 is 0 Å². The van der Waals surface area contributed by atoms with Crippen molar-refractivity contribution in [3.63, 3.8) is 0 Å². The molecule has 0 unspecified atom stereocenters. The van der Waals surface area contributed by atoms with Gasteiger partial charge in [0.25, 0.3) is 10.0 Å². The van der Waals surface area contributed by atoms with E-state index in [-0.39, 0.29) is 10.7 Å². The van der Waals surface area contributed by atoms with E-state index in [9.17, 15) is 13.2 Å². The van der Waals surface area contributed by atoms with Crippen molar-refractivity contribution in [1.82, 2.24) is 0 Å². The summed E-state index contributed by atoms with van der Waals surface area (Å²) in [7, 11) is -3.69. The van der Waals surface area contributed by atoms with Crippen LogP contribution in [0.4, 0.5) is 5.69 Å². The second-order valence-corrected chi connectivity index (χ2v) is 6.19. The minimum atomic E-state index is -3.69. The Morgan fingerprint density at radius 3 is 2.40 bits per heavy atom. The SMILES string of the molecule is CC(=O)c1cccc(S(=O)(=O)Nc2ccccc2C)c1. The van der Waals surface area contributed by atoms with Gasteiger partial charge in [0.05, 0.1) is 10.6 Å². The van der Waals surface area contributed by atoms with Crippen molar-refractivity contribution < 1.29 is 13.2 Å². The minimum absolute atomic E-state index is 0.0773. The highest BCUT2D eigenvalue weighted by Gasteiger charge is 2.16. The lowest BCUT2D eigenvalue weighted by molar-refractivity contribution is 0.101. The van der Waals surface area contributed by atoms with Crippen LogP contribution in [0.15, 0.2) is 53.4 Å². The van der Waals surface area contributed by atoms with Gasteiger partial charge in [-0.25, -0.2) is 8.42 Å². The highest BCUT2D eigenvalue weighted by molar-refractivity contribution is 7.92. The van der Waals surface area contributed by atoms with Crippen LogP contribution in [0.1, 0.15) is 22.8 Å². The van der Waals surface area contributed by atoms with Crippen LogP contribution in [-0.2, 0) is 10.0 Å². The molecule has 4 nitrogen and oxygen atoms in total. The van der Waals surface area contributed by atoms with E-state index in [0.29, 0.717) is 11.3 Å². The summed E-state index contributed by atoms with van der Waals surface area (Å²) in [5.41, 5.74) is 1.73. The molecule has 0 aliphatic heterocycles. The van der Waals surface area contributed by atoms with Crippen molar-refractivity contribution in [2.45, 2.75) is 18.7 Å². The Balaban J connectivity index is 2.38. The number of anilines is 1. The molecule has 0 saturated heterocycles. The quantitative estimate of drug-likeness (QED) is 0.880. The van der Waals surface area contributed by atoms with Crippen LogP contribution < -0.4 is 4.72 Å². The zero-order valence-corrected chi connectivity index (χ0v) is 12.1. The Kier molecular flexibility index (Phi) is 3.90. The van der Waals surface area contributed by atoms with Gasteiger partial charge in [-0.2, -0.15) is 0 Å². The number of carbonyl (C=O) groups is 1. The standard InChI is InChI=1S/C15H15NO3S/c1-11-6-3-4-9-15(11)16-20(18,19)14-8-5-7-13(10-14)12(2)17/h3-10,16H,1-2H3. The number of rotatable bonds is 4. The van der Waals surface area contributed by atoms with Crippen LogP contribution >= 0.6 is 0 Å². The topological polar surface area (TPSA) is 63.2 Å². The molecule has 5 heteroatoms. The highest BCUT2D eigenvalue weighted by Crippen LogP contribution is 2.20. The Morgan fingerprint density at radius 2 is 1.75 bits per heavy atom. The van der Waals surface area contributed by atoms with Crippen molar-refractivity contribution in [2.24, 2.45) is 0 Å². The molecule has 20 heavy (non-hydrogen) atoms. The van der Waals surface area contributed by atoms with Gasteiger partial charge in [0, 0.05) is 5.56 Å². The Bertz CT molecular complexity index is 751. The average molecular weight is 289 g/mol. The molecule has 0 heterocycles. The number of Topliss-reactive ketones (excluding diaryl/α,β-unsaturated/α-hetero) is 1. The van der Waals surface area contributed by atoms with Crippen molar-refractivity contribution in [1.29, 1.82) is 0 Å². The molecular weight excluding hydrogens is 274 g/mol. The molecule has 0 aliphatic rings. The summed E-state index contributed by atoms with van der Waals surface area (Å²) < 4.78 is 27.1. The van der Waals surface area contributed by atoms with Gasteiger partial charge in [-0.15, -0.1) is 0 Å². The molecule has 1 N–H and O–H groups in total. The number of carbonyl (C=O) groups excluding carboxylic acids is 1. The van der Waals surface area contributed by atoms with E-state index in [0.717, 1.165) is 5.56 Å². The normalized spacial score (nSPS) is 11.1. The smallest absolute Gasteiger partial charge is 0.261 e. The van der Waals surface area contributed by atoms with Gasteiger partial charge in [-0.3, -0.25) is 9.52 Å². The Morgan fingerprint density at radius 1 is 1.05 bits per heavy atom. The maximum atomic E-state index is 12.3. The fourth-order valence-corrected chi connectivity index (χ4v) is 2.95. The molecule has 0 atom stereocenters. The molecule has 104 valence electrons. The number of sulfonamides is 1. The van der Waals surface area contributed by atoms with Gasteiger partial charge in [-0.05, 0) is 37.6 Å². The third kappa shape index (κ3) is 3.05. The first-order valence-electron chi connectivity index (χ1n) is 6.09. The Hall–Kier alpha value is -2.14. The van der Waals surface area contributed by atoms with Crippen molar-refractivity contribution in [3.8, 4) is 0 Å². The van der Waals surface area contributed by atoms with E-state index in [1.165, 1.54) is 19.1 Å². The maximum Gasteiger partial charge on any atom is 0.261 e. The largest absolute Gasteiger partial charge is 0.295 e.